The fourth-order valence-electron chi connectivity index (χ4n) is 4.24. The number of hydrogen-bond donors (Lipinski definition) is 1. The lowest BCUT2D eigenvalue weighted by molar-refractivity contribution is 0.0897. The highest BCUT2D eigenvalue weighted by Crippen LogP contribution is 2.24. The molecule has 2 aromatic rings. The first-order valence-corrected chi connectivity index (χ1v) is 10.5. The molecule has 2 aliphatic heterocycles. The van der Waals surface area contributed by atoms with Crippen molar-refractivity contribution in [2.75, 3.05) is 37.6 Å². The number of carbonyl (C=O) groups is 1. The number of benzene rings is 1. The van der Waals surface area contributed by atoms with Gasteiger partial charge in [-0.1, -0.05) is 12.1 Å². The van der Waals surface area contributed by atoms with Crippen LogP contribution in [-0.2, 0) is 0 Å². The first kappa shape index (κ1) is 18.9. The Hall–Kier alpha value is -2.41. The van der Waals surface area contributed by atoms with Crippen LogP contribution in [0.25, 0.3) is 11.4 Å². The molecule has 150 valence electrons. The van der Waals surface area contributed by atoms with Crippen LogP contribution in [0, 0.1) is 0 Å². The van der Waals surface area contributed by atoms with Crippen LogP contribution >= 0.6 is 0 Å². The average molecular weight is 383 g/mol. The van der Waals surface area contributed by atoms with Gasteiger partial charge in [0, 0.05) is 36.9 Å². The third-order valence-corrected chi connectivity index (χ3v) is 5.87. The fraction of sp³-hybridized carbons (Fsp3) is 0.571. The molecule has 2 fully saturated rings. The van der Waals surface area contributed by atoms with Crippen molar-refractivity contribution in [2.45, 2.75) is 45.1 Å². The normalized spacial score (nSPS) is 20.5. The lowest BCUT2D eigenvalue weighted by atomic mass is 10.1. The highest BCUT2D eigenvalue weighted by Gasteiger charge is 2.24. The number of nitrogens with one attached hydrogen (secondary N) is 1. The molecule has 1 aromatic heterocycles. The zero-order chi connectivity index (χ0) is 19.3. The fourth-order valence-corrected chi connectivity index (χ4v) is 4.24. The number of carbonyl (C=O) groups excluding carboxylic acids is 1. The molecule has 0 saturated carbocycles. The molecule has 1 amide bonds. The Morgan fingerprint density at radius 3 is 2.68 bits per heavy atom. The summed E-state index contributed by atoms with van der Waals surface area (Å²) in [6.45, 7) is 7.12. The van der Waals surface area contributed by atoms with Crippen LogP contribution in [-0.4, -0.2) is 59.7 Å². The second-order valence-corrected chi connectivity index (χ2v) is 7.65. The second-order valence-electron chi connectivity index (χ2n) is 7.65. The van der Waals surface area contributed by atoms with E-state index < -0.39 is 0 Å². The Kier molecular flexibility index (Phi) is 5.90. The maximum atomic E-state index is 12.4. The minimum Gasteiger partial charge on any atom is -0.372 e. The number of nitrogens with zero attached hydrogens (tertiary/aromatic N) is 4. The standard InChI is InChI=1S/C21H29N5O2/c1-2-25-14-6-7-18(25)15-22-20(27)21-23-19(24-28-21)16-8-10-17(11-9-16)26-12-4-3-5-13-26/h8-11,18H,2-7,12-15H2,1H3,(H,22,27)/t18-/m1/s1. The topological polar surface area (TPSA) is 74.5 Å². The molecule has 2 aliphatic rings. The molecule has 0 radical (unpaired) electrons. The number of amides is 1. The van der Waals surface area contributed by atoms with Gasteiger partial charge in [-0.15, -0.1) is 0 Å². The number of rotatable bonds is 6. The number of anilines is 1. The van der Waals surface area contributed by atoms with Crippen molar-refractivity contribution in [3.63, 3.8) is 0 Å². The molecule has 0 bridgehead atoms. The van der Waals surface area contributed by atoms with Crippen molar-refractivity contribution in [1.29, 1.82) is 0 Å². The quantitative estimate of drug-likeness (QED) is 0.827. The van der Waals surface area contributed by atoms with Crippen molar-refractivity contribution in [3.05, 3.63) is 30.2 Å². The summed E-state index contributed by atoms with van der Waals surface area (Å²) in [6, 6.07) is 8.58. The van der Waals surface area contributed by atoms with Crippen LogP contribution in [0.4, 0.5) is 5.69 Å². The largest absolute Gasteiger partial charge is 0.372 e. The zero-order valence-electron chi connectivity index (χ0n) is 16.6. The Bertz CT molecular complexity index is 782. The number of likely N-dealkylation sites (tertiary alicyclic amines) is 1. The molecular weight excluding hydrogens is 354 g/mol. The van der Waals surface area contributed by atoms with Crippen molar-refractivity contribution in [3.8, 4) is 11.4 Å². The van der Waals surface area contributed by atoms with Gasteiger partial charge in [-0.2, -0.15) is 4.98 Å². The van der Waals surface area contributed by atoms with E-state index in [1.54, 1.807) is 0 Å². The van der Waals surface area contributed by atoms with Gasteiger partial charge in [0.05, 0.1) is 0 Å². The van der Waals surface area contributed by atoms with E-state index in [0.29, 0.717) is 18.4 Å². The molecule has 3 heterocycles. The van der Waals surface area contributed by atoms with Crippen LogP contribution < -0.4 is 10.2 Å². The lowest BCUT2D eigenvalue weighted by Crippen LogP contribution is -2.40. The van der Waals surface area contributed by atoms with Gasteiger partial charge in [-0.3, -0.25) is 9.69 Å². The van der Waals surface area contributed by atoms with E-state index in [1.807, 2.05) is 12.1 Å². The summed E-state index contributed by atoms with van der Waals surface area (Å²) in [5.74, 6) is 0.175. The summed E-state index contributed by atoms with van der Waals surface area (Å²) in [7, 11) is 0. The average Bonchev–Trinajstić information content (AvgIpc) is 3.42. The van der Waals surface area contributed by atoms with Gasteiger partial charge < -0.3 is 14.7 Å². The highest BCUT2D eigenvalue weighted by atomic mass is 16.5. The van der Waals surface area contributed by atoms with E-state index in [1.165, 1.54) is 31.4 Å². The van der Waals surface area contributed by atoms with Gasteiger partial charge >= 0.3 is 11.8 Å². The molecule has 1 N–H and O–H groups in total. The first-order chi connectivity index (χ1) is 13.7. The number of likely N-dealkylation sites (N-methyl/N-ethyl adjacent to an activating group) is 1. The first-order valence-electron chi connectivity index (χ1n) is 10.5. The van der Waals surface area contributed by atoms with Crippen LogP contribution in [0.2, 0.25) is 0 Å². The van der Waals surface area contributed by atoms with Crippen molar-refractivity contribution < 1.29 is 9.32 Å². The monoisotopic (exact) mass is 383 g/mol. The number of piperidine rings is 1. The summed E-state index contributed by atoms with van der Waals surface area (Å²) < 4.78 is 5.20. The van der Waals surface area contributed by atoms with E-state index in [-0.39, 0.29) is 11.8 Å². The van der Waals surface area contributed by atoms with Gasteiger partial charge in [0.15, 0.2) is 0 Å². The van der Waals surface area contributed by atoms with Crippen molar-refractivity contribution in [1.82, 2.24) is 20.4 Å². The highest BCUT2D eigenvalue weighted by molar-refractivity contribution is 5.89. The zero-order valence-corrected chi connectivity index (χ0v) is 16.6. The van der Waals surface area contributed by atoms with E-state index >= 15 is 0 Å². The molecule has 7 nitrogen and oxygen atoms in total. The molecule has 4 rings (SSSR count). The van der Waals surface area contributed by atoms with Gasteiger partial charge in [0.25, 0.3) is 0 Å². The van der Waals surface area contributed by atoms with Crippen LogP contribution in [0.3, 0.4) is 0 Å². The van der Waals surface area contributed by atoms with Gasteiger partial charge in [-0.05, 0) is 69.5 Å². The van der Waals surface area contributed by atoms with Crippen LogP contribution in [0.1, 0.15) is 49.7 Å². The summed E-state index contributed by atoms with van der Waals surface area (Å²) in [5, 5.41) is 6.93. The molecule has 0 aliphatic carbocycles. The van der Waals surface area contributed by atoms with Gasteiger partial charge in [0.1, 0.15) is 0 Å². The summed E-state index contributed by atoms with van der Waals surface area (Å²) in [5.41, 5.74) is 2.08. The smallest absolute Gasteiger partial charge is 0.316 e. The van der Waals surface area contributed by atoms with E-state index in [0.717, 1.165) is 38.2 Å². The van der Waals surface area contributed by atoms with E-state index in [4.69, 9.17) is 4.52 Å². The third kappa shape index (κ3) is 4.19. The maximum Gasteiger partial charge on any atom is 0.316 e. The Morgan fingerprint density at radius 2 is 1.93 bits per heavy atom. The molecule has 28 heavy (non-hydrogen) atoms. The Balaban J connectivity index is 1.36. The lowest BCUT2D eigenvalue weighted by Gasteiger charge is -2.28. The minimum absolute atomic E-state index is 0.0242. The Morgan fingerprint density at radius 1 is 1.14 bits per heavy atom. The maximum absolute atomic E-state index is 12.4. The minimum atomic E-state index is -0.299. The second kappa shape index (κ2) is 8.73. The summed E-state index contributed by atoms with van der Waals surface area (Å²) in [4.78, 5) is 21.5. The number of aromatic nitrogens is 2. The molecule has 1 aromatic carbocycles. The SMILES string of the molecule is CCN1CCC[C@@H]1CNC(=O)c1nc(-c2ccc(N3CCCCC3)cc2)no1. The van der Waals surface area contributed by atoms with Crippen LogP contribution in [0.5, 0.6) is 0 Å². The molecular formula is C21H29N5O2. The third-order valence-electron chi connectivity index (χ3n) is 5.87. The molecule has 7 heteroatoms. The van der Waals surface area contributed by atoms with Crippen LogP contribution in [0.15, 0.2) is 28.8 Å². The summed E-state index contributed by atoms with van der Waals surface area (Å²) >= 11 is 0. The predicted octanol–water partition coefficient (Wildman–Crippen LogP) is 2.94. The number of hydrogen-bond acceptors (Lipinski definition) is 6. The van der Waals surface area contributed by atoms with Crippen molar-refractivity contribution in [2.24, 2.45) is 0 Å². The van der Waals surface area contributed by atoms with Crippen molar-refractivity contribution >= 4 is 11.6 Å². The van der Waals surface area contributed by atoms with E-state index in [9.17, 15) is 4.79 Å². The van der Waals surface area contributed by atoms with Gasteiger partial charge in [-0.25, -0.2) is 0 Å². The molecule has 0 spiro atoms. The Labute approximate surface area is 166 Å². The molecule has 0 unspecified atom stereocenters. The van der Waals surface area contributed by atoms with Gasteiger partial charge in [0.2, 0.25) is 5.82 Å². The van der Waals surface area contributed by atoms with E-state index in [2.05, 4.69) is 44.3 Å². The predicted molar refractivity (Wildman–Crippen MR) is 108 cm³/mol. The molecule has 2 saturated heterocycles. The molecule has 1 atom stereocenters. The summed E-state index contributed by atoms with van der Waals surface area (Å²) in [6.07, 6.45) is 6.13.